The molecule has 0 atom stereocenters. The number of nitrogens with zero attached hydrogens (tertiary/aromatic N) is 2. The van der Waals surface area contributed by atoms with Crippen LogP contribution in [0.25, 0.3) is 44.5 Å². The van der Waals surface area contributed by atoms with Crippen LogP contribution in [0, 0.1) is 19.1 Å². The monoisotopic (exact) mass is 761 g/mol. The molecule has 3 aromatic carbocycles. The van der Waals surface area contributed by atoms with Gasteiger partial charge >= 0.3 is 0 Å². The molecule has 6 aromatic rings. The number of fused-ring (bicyclic) bond motifs is 3. The summed E-state index contributed by atoms with van der Waals surface area (Å²) in [5, 5.41) is 3.84. The van der Waals surface area contributed by atoms with Crippen molar-refractivity contribution in [2.45, 2.75) is 66.1 Å². The van der Waals surface area contributed by atoms with E-state index < -0.39 is 8.07 Å². The summed E-state index contributed by atoms with van der Waals surface area (Å²) in [7, 11) is -1.57. The summed E-state index contributed by atoms with van der Waals surface area (Å²) in [5.74, 6) is 0.833. The van der Waals surface area contributed by atoms with Gasteiger partial charge in [0.1, 0.15) is 5.58 Å². The second-order valence-corrected chi connectivity index (χ2v) is 17.7. The average molecular weight is 761 g/mol. The van der Waals surface area contributed by atoms with E-state index in [1.807, 2.05) is 55.7 Å². The average Bonchev–Trinajstić information content (AvgIpc) is 3.37. The van der Waals surface area contributed by atoms with Crippen molar-refractivity contribution in [2.75, 3.05) is 0 Å². The van der Waals surface area contributed by atoms with E-state index >= 15 is 0 Å². The number of para-hydroxylation sites is 1. The van der Waals surface area contributed by atoms with Crippen molar-refractivity contribution < 1.29 is 24.5 Å². The Hall–Kier alpha value is -3.37. The number of aromatic nitrogens is 2. The van der Waals surface area contributed by atoms with Crippen LogP contribution in [0.15, 0.2) is 89.6 Å². The van der Waals surface area contributed by atoms with Gasteiger partial charge in [0.25, 0.3) is 0 Å². The summed E-state index contributed by atoms with van der Waals surface area (Å²) >= 11 is 0. The molecule has 0 bridgehead atoms. The smallest absolute Gasteiger partial charge is 0.120 e. The number of benzene rings is 3. The topological polar surface area (TPSA) is 38.9 Å². The van der Waals surface area contributed by atoms with Gasteiger partial charge in [-0.1, -0.05) is 100 Å². The first kappa shape index (κ1) is 32.5. The van der Waals surface area contributed by atoms with E-state index in [-0.39, 0.29) is 20.1 Å². The third-order valence-electron chi connectivity index (χ3n) is 7.62. The van der Waals surface area contributed by atoms with E-state index in [0.717, 1.165) is 33.7 Å². The summed E-state index contributed by atoms with van der Waals surface area (Å²) in [6.07, 6.45) is 3.89. The normalized spacial score (nSPS) is 11.5. The molecule has 0 aliphatic carbocycles. The van der Waals surface area contributed by atoms with Crippen LogP contribution < -0.4 is 5.19 Å². The molecule has 0 fully saturated rings. The number of hydrogen-bond acceptors (Lipinski definition) is 3. The zero-order valence-corrected chi connectivity index (χ0v) is 29.8. The van der Waals surface area contributed by atoms with Gasteiger partial charge in [-0.05, 0) is 47.3 Å². The van der Waals surface area contributed by atoms with Crippen LogP contribution >= 0.6 is 0 Å². The maximum atomic E-state index is 6.44. The molecule has 5 heteroatoms. The van der Waals surface area contributed by atoms with Gasteiger partial charge in [0, 0.05) is 46.0 Å². The first-order valence-corrected chi connectivity index (χ1v) is 18.3. The molecule has 0 unspecified atom stereocenters. The summed E-state index contributed by atoms with van der Waals surface area (Å²) < 4.78 is 6.44. The Morgan fingerprint density at radius 3 is 2.19 bits per heavy atom. The molecule has 0 aliphatic rings. The van der Waals surface area contributed by atoms with E-state index in [2.05, 4.69) is 101 Å². The van der Waals surface area contributed by atoms with Crippen LogP contribution in [0.3, 0.4) is 0 Å². The minimum absolute atomic E-state index is 0. The Morgan fingerprint density at radius 1 is 0.814 bits per heavy atom. The molecule has 223 valence electrons. The van der Waals surface area contributed by atoms with Gasteiger partial charge in [-0.2, -0.15) is 0 Å². The molecule has 0 saturated heterocycles. The molecule has 0 aliphatic heterocycles. The van der Waals surface area contributed by atoms with E-state index in [4.69, 9.17) is 9.40 Å². The van der Waals surface area contributed by atoms with Crippen LogP contribution in [-0.4, -0.2) is 18.0 Å². The minimum atomic E-state index is -1.57. The van der Waals surface area contributed by atoms with Gasteiger partial charge in [-0.15, -0.1) is 53.2 Å². The molecule has 3 heterocycles. The molecule has 0 amide bonds. The van der Waals surface area contributed by atoms with E-state index in [1.54, 1.807) is 0 Å². The summed E-state index contributed by atoms with van der Waals surface area (Å²) in [6, 6.07) is 31.5. The standard InChI is InChI=1S/C26H30NOSi.C12H10N.Ir/c1-16(2)18-14-21(17(3)4)25(27-15-18)20-12-13-23(29(5,6)7)24-19-10-8-9-11-22(19)28-26(20)24;1-10-7-8-12(13-9-10)11-5-3-2-4-6-11;/h8-11,13-17H,1-7H3;2-5,7-9H,1H3;/q2*-1;. The maximum absolute atomic E-state index is 6.44. The van der Waals surface area contributed by atoms with Gasteiger partial charge < -0.3 is 14.4 Å². The Labute approximate surface area is 271 Å². The van der Waals surface area contributed by atoms with Gasteiger partial charge in [0.05, 0.1) is 5.58 Å². The zero-order valence-electron chi connectivity index (χ0n) is 26.4. The molecule has 0 spiro atoms. The minimum Gasteiger partial charge on any atom is -0.501 e. The molecule has 3 aromatic heterocycles. The van der Waals surface area contributed by atoms with E-state index in [0.29, 0.717) is 11.8 Å². The maximum Gasteiger partial charge on any atom is 0.120 e. The van der Waals surface area contributed by atoms with Crippen molar-refractivity contribution in [3.8, 4) is 22.5 Å². The van der Waals surface area contributed by atoms with Crippen LogP contribution in [0.1, 0.15) is 56.2 Å². The quantitative estimate of drug-likeness (QED) is 0.130. The fourth-order valence-corrected chi connectivity index (χ4v) is 6.69. The summed E-state index contributed by atoms with van der Waals surface area (Å²) in [6.45, 7) is 18.1. The van der Waals surface area contributed by atoms with Crippen molar-refractivity contribution in [3.05, 3.63) is 114 Å². The van der Waals surface area contributed by atoms with Gasteiger partial charge in [-0.25, -0.2) is 0 Å². The van der Waals surface area contributed by atoms with Crippen molar-refractivity contribution in [1.29, 1.82) is 0 Å². The van der Waals surface area contributed by atoms with Crippen LogP contribution in [-0.2, 0) is 20.1 Å². The van der Waals surface area contributed by atoms with E-state index in [1.165, 1.54) is 32.6 Å². The molecular weight excluding hydrogens is 721 g/mol. The van der Waals surface area contributed by atoms with E-state index in [9.17, 15) is 0 Å². The number of rotatable bonds is 5. The van der Waals surface area contributed by atoms with Crippen molar-refractivity contribution in [3.63, 3.8) is 0 Å². The Morgan fingerprint density at radius 2 is 1.56 bits per heavy atom. The molecule has 0 saturated carbocycles. The van der Waals surface area contributed by atoms with Crippen LogP contribution in [0.2, 0.25) is 19.6 Å². The Bertz CT molecular complexity index is 1820. The molecule has 3 nitrogen and oxygen atoms in total. The largest absolute Gasteiger partial charge is 0.501 e. The SMILES string of the molecule is CC(C)c1cnc(-c2[c-]cc([Si](C)(C)C)c3c2oc2ccccc23)c(C(C)C)c1.Cc1ccc(-c2[c-]cccc2)nc1.[Ir]. The molecule has 1 radical (unpaired) electrons. The van der Waals surface area contributed by atoms with Crippen LogP contribution in [0.5, 0.6) is 0 Å². The zero-order chi connectivity index (χ0) is 30.0. The fraction of sp³-hybridized carbons (Fsp3) is 0.263. The molecule has 0 N–H and O–H groups in total. The number of aryl methyl sites for hydroxylation is 1. The van der Waals surface area contributed by atoms with Gasteiger partial charge in [-0.3, -0.25) is 0 Å². The predicted octanol–water partition coefficient (Wildman–Crippen LogP) is 10.1. The third kappa shape index (κ3) is 7.07. The van der Waals surface area contributed by atoms with Crippen molar-refractivity contribution >= 4 is 35.2 Å². The number of hydrogen-bond donors (Lipinski definition) is 0. The number of furan rings is 1. The molecule has 6 rings (SSSR count). The van der Waals surface area contributed by atoms with Gasteiger partial charge in [0.2, 0.25) is 0 Å². The fourth-order valence-electron chi connectivity index (χ4n) is 5.18. The summed E-state index contributed by atoms with van der Waals surface area (Å²) in [4.78, 5) is 9.24. The molecule has 43 heavy (non-hydrogen) atoms. The molecular formula is C38H40IrN2OSi-2. The second-order valence-electron chi connectivity index (χ2n) is 12.6. The third-order valence-corrected chi connectivity index (χ3v) is 9.63. The second kappa shape index (κ2) is 13.5. The van der Waals surface area contributed by atoms with Gasteiger partial charge in [0.15, 0.2) is 0 Å². The Balaban J connectivity index is 0.000000253. The first-order chi connectivity index (χ1) is 20.0. The van der Waals surface area contributed by atoms with Crippen molar-refractivity contribution in [2.24, 2.45) is 0 Å². The van der Waals surface area contributed by atoms with Crippen molar-refractivity contribution in [1.82, 2.24) is 9.97 Å². The summed E-state index contributed by atoms with van der Waals surface area (Å²) in [5.41, 5.74) is 9.58. The van der Waals surface area contributed by atoms with Crippen LogP contribution in [0.4, 0.5) is 0 Å². The first-order valence-electron chi connectivity index (χ1n) is 14.8. The number of pyridine rings is 2. The Kier molecular flexibility index (Phi) is 10.2. The predicted molar refractivity (Wildman–Crippen MR) is 180 cm³/mol.